The van der Waals surface area contributed by atoms with Gasteiger partial charge >= 0.3 is 5.97 Å². The molecule has 2 atom stereocenters. The Hall–Kier alpha value is -1.52. The van der Waals surface area contributed by atoms with Crippen molar-refractivity contribution < 1.29 is 9.90 Å². The topological polar surface area (TPSA) is 66.0 Å². The third-order valence-corrected chi connectivity index (χ3v) is 4.37. The predicted molar refractivity (Wildman–Crippen MR) is 78.4 cm³/mol. The molecule has 0 saturated heterocycles. The Morgan fingerprint density at radius 3 is 2.70 bits per heavy atom. The Morgan fingerprint density at radius 2 is 1.95 bits per heavy atom. The van der Waals surface area contributed by atoms with E-state index in [-0.39, 0.29) is 5.92 Å². The minimum Gasteiger partial charge on any atom is -0.481 e. The van der Waals surface area contributed by atoms with Gasteiger partial charge in [0.05, 0.1) is 27.0 Å². The number of benzene rings is 1. The van der Waals surface area contributed by atoms with E-state index in [1.165, 1.54) is 0 Å². The molecule has 0 saturated carbocycles. The molecular formula is C14H12Cl2N2O2. The second-order valence-corrected chi connectivity index (χ2v) is 5.71. The number of imidazole rings is 1. The highest BCUT2D eigenvalue weighted by Crippen LogP contribution is 2.35. The van der Waals surface area contributed by atoms with Crippen LogP contribution in [0.4, 0.5) is 0 Å². The van der Waals surface area contributed by atoms with Crippen LogP contribution in [0.2, 0.25) is 10.0 Å². The van der Waals surface area contributed by atoms with Gasteiger partial charge in [-0.15, -0.1) is 0 Å². The number of aliphatic carboxylic acids is 1. The molecule has 1 aromatic carbocycles. The molecule has 0 fully saturated rings. The second kappa shape index (κ2) is 5.11. The van der Waals surface area contributed by atoms with Gasteiger partial charge < -0.3 is 10.1 Å². The van der Waals surface area contributed by atoms with Crippen LogP contribution in [0.1, 0.15) is 24.6 Å². The Labute approximate surface area is 125 Å². The van der Waals surface area contributed by atoms with Crippen molar-refractivity contribution in [3.05, 3.63) is 40.2 Å². The second-order valence-electron chi connectivity index (χ2n) is 4.90. The van der Waals surface area contributed by atoms with E-state index in [0.717, 1.165) is 5.52 Å². The molecule has 1 aliphatic carbocycles. The molecule has 1 heterocycles. The van der Waals surface area contributed by atoms with Gasteiger partial charge in [-0.3, -0.25) is 4.79 Å². The highest BCUT2D eigenvalue weighted by molar-refractivity contribution is 6.42. The van der Waals surface area contributed by atoms with Crippen molar-refractivity contribution in [3.63, 3.8) is 0 Å². The standard InChI is InChI=1S/C14H12Cl2N2O2/c15-9-5-11-12(6-10(9)16)18-13(17-11)7-3-1-2-4-8(7)14(19)20/h1-2,5-8H,3-4H2,(H,17,18)(H,19,20)/t7-,8+/m1/s1. The largest absolute Gasteiger partial charge is 0.481 e. The van der Waals surface area contributed by atoms with E-state index in [4.69, 9.17) is 23.2 Å². The highest BCUT2D eigenvalue weighted by Gasteiger charge is 2.32. The highest BCUT2D eigenvalue weighted by atomic mass is 35.5. The predicted octanol–water partition coefficient (Wildman–Crippen LogP) is 4.00. The number of nitrogens with one attached hydrogen (secondary N) is 1. The number of fused-ring (bicyclic) bond motifs is 1. The number of hydrogen-bond donors (Lipinski definition) is 2. The van der Waals surface area contributed by atoms with Gasteiger partial charge in [0.15, 0.2) is 0 Å². The molecule has 4 nitrogen and oxygen atoms in total. The number of halogens is 2. The normalized spacial score (nSPS) is 22.3. The molecule has 3 rings (SSSR count). The zero-order valence-electron chi connectivity index (χ0n) is 10.4. The maximum Gasteiger partial charge on any atom is 0.307 e. The lowest BCUT2D eigenvalue weighted by molar-refractivity contribution is -0.142. The summed E-state index contributed by atoms with van der Waals surface area (Å²) >= 11 is 11.9. The van der Waals surface area contributed by atoms with Gasteiger partial charge in [0.1, 0.15) is 5.82 Å². The van der Waals surface area contributed by atoms with Gasteiger partial charge in [-0.2, -0.15) is 0 Å². The zero-order chi connectivity index (χ0) is 14.3. The molecule has 0 aliphatic heterocycles. The van der Waals surface area contributed by atoms with Crippen molar-refractivity contribution in [3.8, 4) is 0 Å². The lowest BCUT2D eigenvalue weighted by Gasteiger charge is -2.23. The third kappa shape index (κ3) is 2.30. The first-order valence-electron chi connectivity index (χ1n) is 6.28. The van der Waals surface area contributed by atoms with Gasteiger partial charge in [0.25, 0.3) is 0 Å². The van der Waals surface area contributed by atoms with Crippen molar-refractivity contribution in [2.45, 2.75) is 18.8 Å². The summed E-state index contributed by atoms with van der Waals surface area (Å²) in [4.78, 5) is 19.0. The van der Waals surface area contributed by atoms with Crippen LogP contribution in [0.5, 0.6) is 0 Å². The van der Waals surface area contributed by atoms with E-state index >= 15 is 0 Å². The van der Waals surface area contributed by atoms with Crippen LogP contribution >= 0.6 is 23.2 Å². The molecule has 0 unspecified atom stereocenters. The van der Waals surface area contributed by atoms with Crippen LogP contribution in [-0.4, -0.2) is 21.0 Å². The summed E-state index contributed by atoms with van der Waals surface area (Å²) in [5.74, 6) is -0.722. The monoisotopic (exact) mass is 310 g/mol. The number of H-pyrrole nitrogens is 1. The summed E-state index contributed by atoms with van der Waals surface area (Å²) in [7, 11) is 0. The van der Waals surface area contributed by atoms with E-state index in [2.05, 4.69) is 9.97 Å². The summed E-state index contributed by atoms with van der Waals surface area (Å²) in [5, 5.41) is 10.2. The molecule has 20 heavy (non-hydrogen) atoms. The number of carboxylic acids is 1. The molecular weight excluding hydrogens is 299 g/mol. The van der Waals surface area contributed by atoms with Crippen molar-refractivity contribution >= 4 is 40.2 Å². The van der Waals surface area contributed by atoms with E-state index in [0.29, 0.717) is 34.2 Å². The van der Waals surface area contributed by atoms with Crippen molar-refractivity contribution in [2.75, 3.05) is 0 Å². The van der Waals surface area contributed by atoms with Crippen molar-refractivity contribution in [1.29, 1.82) is 0 Å². The SMILES string of the molecule is O=C(O)[C@H]1CC=CC[C@H]1c1nc2cc(Cl)c(Cl)cc2[nH]1. The number of nitrogens with zero attached hydrogens (tertiary/aromatic N) is 1. The Morgan fingerprint density at radius 1 is 1.25 bits per heavy atom. The fraction of sp³-hybridized carbons (Fsp3) is 0.286. The maximum absolute atomic E-state index is 11.3. The van der Waals surface area contributed by atoms with E-state index < -0.39 is 11.9 Å². The number of aromatic nitrogens is 2. The molecule has 2 N–H and O–H groups in total. The number of rotatable bonds is 2. The Balaban J connectivity index is 2.05. The van der Waals surface area contributed by atoms with Crippen LogP contribution < -0.4 is 0 Å². The molecule has 0 spiro atoms. The average molecular weight is 311 g/mol. The van der Waals surface area contributed by atoms with Gasteiger partial charge in [0, 0.05) is 5.92 Å². The summed E-state index contributed by atoms with van der Waals surface area (Å²) in [6.07, 6.45) is 5.10. The van der Waals surface area contributed by atoms with Gasteiger partial charge in [-0.1, -0.05) is 35.4 Å². The number of hydrogen-bond acceptors (Lipinski definition) is 2. The first-order chi connectivity index (χ1) is 9.56. The number of carbonyl (C=O) groups is 1. The number of aromatic amines is 1. The maximum atomic E-state index is 11.3. The first-order valence-corrected chi connectivity index (χ1v) is 7.04. The summed E-state index contributed by atoms with van der Waals surface area (Å²) in [5.41, 5.74) is 1.47. The quantitative estimate of drug-likeness (QED) is 0.824. The van der Waals surface area contributed by atoms with Crippen LogP contribution in [0.3, 0.4) is 0 Å². The molecule has 2 aromatic rings. The first kappa shape index (κ1) is 13.5. The molecule has 0 radical (unpaired) electrons. The molecule has 0 bridgehead atoms. The van der Waals surface area contributed by atoms with Gasteiger partial charge in [0.2, 0.25) is 0 Å². The summed E-state index contributed by atoms with van der Waals surface area (Å²) < 4.78 is 0. The van der Waals surface area contributed by atoms with Gasteiger partial charge in [-0.25, -0.2) is 4.98 Å². The lowest BCUT2D eigenvalue weighted by atomic mass is 9.82. The lowest BCUT2D eigenvalue weighted by Crippen LogP contribution is -2.24. The Bertz CT molecular complexity index is 670. The zero-order valence-corrected chi connectivity index (χ0v) is 11.9. The summed E-state index contributed by atoms with van der Waals surface area (Å²) in [6.45, 7) is 0. The number of carboxylic acid groups (broad SMARTS) is 1. The molecule has 6 heteroatoms. The van der Waals surface area contributed by atoms with Crippen LogP contribution in [0, 0.1) is 5.92 Å². The fourth-order valence-corrected chi connectivity index (χ4v) is 2.91. The average Bonchev–Trinajstić information content (AvgIpc) is 2.82. The van der Waals surface area contributed by atoms with Gasteiger partial charge in [-0.05, 0) is 25.0 Å². The Kier molecular flexibility index (Phi) is 3.44. The van der Waals surface area contributed by atoms with E-state index in [1.54, 1.807) is 12.1 Å². The third-order valence-electron chi connectivity index (χ3n) is 3.64. The van der Waals surface area contributed by atoms with Crippen LogP contribution in [0.25, 0.3) is 11.0 Å². The van der Waals surface area contributed by atoms with Crippen LogP contribution in [0.15, 0.2) is 24.3 Å². The molecule has 0 amide bonds. The smallest absolute Gasteiger partial charge is 0.307 e. The molecule has 1 aromatic heterocycles. The van der Waals surface area contributed by atoms with Crippen molar-refractivity contribution in [1.82, 2.24) is 9.97 Å². The number of allylic oxidation sites excluding steroid dienone is 2. The van der Waals surface area contributed by atoms with E-state index in [1.807, 2.05) is 12.2 Å². The molecule has 104 valence electrons. The minimum absolute atomic E-state index is 0.151. The fourth-order valence-electron chi connectivity index (χ4n) is 2.59. The van der Waals surface area contributed by atoms with Crippen LogP contribution in [-0.2, 0) is 4.79 Å². The minimum atomic E-state index is -0.795. The molecule has 1 aliphatic rings. The van der Waals surface area contributed by atoms with E-state index in [9.17, 15) is 9.90 Å². The summed E-state index contributed by atoms with van der Waals surface area (Å²) in [6, 6.07) is 3.40. The van der Waals surface area contributed by atoms with Crippen molar-refractivity contribution in [2.24, 2.45) is 5.92 Å².